The van der Waals surface area contributed by atoms with Crippen LogP contribution < -0.4 is 10.2 Å². The van der Waals surface area contributed by atoms with Crippen LogP contribution in [0.25, 0.3) is 5.69 Å². The van der Waals surface area contributed by atoms with Gasteiger partial charge >= 0.3 is 0 Å². The first-order valence-corrected chi connectivity index (χ1v) is 9.38. The van der Waals surface area contributed by atoms with Gasteiger partial charge in [0.1, 0.15) is 6.07 Å². The number of nitrogens with zero attached hydrogens (tertiary/aromatic N) is 4. The molecular formula is C22H21N5O. The number of para-hydroxylation sites is 1. The molecule has 1 amide bonds. The van der Waals surface area contributed by atoms with Crippen molar-refractivity contribution in [3.63, 3.8) is 0 Å². The monoisotopic (exact) mass is 371 g/mol. The van der Waals surface area contributed by atoms with E-state index in [1.807, 2.05) is 49.5 Å². The molecule has 1 fully saturated rings. The van der Waals surface area contributed by atoms with E-state index in [1.165, 1.54) is 0 Å². The summed E-state index contributed by atoms with van der Waals surface area (Å²) >= 11 is 0. The fourth-order valence-electron chi connectivity index (χ4n) is 3.48. The number of aryl methyl sites for hydroxylation is 1. The van der Waals surface area contributed by atoms with Crippen molar-refractivity contribution >= 4 is 17.4 Å². The van der Waals surface area contributed by atoms with Crippen molar-refractivity contribution in [2.45, 2.75) is 19.8 Å². The van der Waals surface area contributed by atoms with Crippen molar-refractivity contribution in [3.05, 3.63) is 71.4 Å². The summed E-state index contributed by atoms with van der Waals surface area (Å²) in [7, 11) is 0. The zero-order chi connectivity index (χ0) is 19.5. The molecule has 6 heteroatoms. The maximum atomic E-state index is 12.7. The van der Waals surface area contributed by atoms with Crippen LogP contribution >= 0.6 is 0 Å². The molecule has 0 spiro atoms. The van der Waals surface area contributed by atoms with Gasteiger partial charge in [0.2, 0.25) is 0 Å². The molecule has 28 heavy (non-hydrogen) atoms. The summed E-state index contributed by atoms with van der Waals surface area (Å²) in [6.07, 6.45) is 4.15. The van der Waals surface area contributed by atoms with Crippen LogP contribution in [0.3, 0.4) is 0 Å². The average Bonchev–Trinajstić information content (AvgIpc) is 3.38. The van der Waals surface area contributed by atoms with E-state index in [1.54, 1.807) is 16.8 Å². The second kappa shape index (κ2) is 7.57. The largest absolute Gasteiger partial charge is 0.370 e. The third-order valence-electron chi connectivity index (χ3n) is 4.98. The molecule has 6 nitrogen and oxygen atoms in total. The van der Waals surface area contributed by atoms with Crippen LogP contribution in [0.15, 0.2) is 54.7 Å². The van der Waals surface area contributed by atoms with E-state index in [-0.39, 0.29) is 5.91 Å². The second-order valence-corrected chi connectivity index (χ2v) is 6.93. The van der Waals surface area contributed by atoms with Gasteiger partial charge in [-0.3, -0.25) is 4.79 Å². The Balaban J connectivity index is 1.56. The fraction of sp³-hybridized carbons (Fsp3) is 0.227. The Morgan fingerprint density at radius 2 is 1.89 bits per heavy atom. The van der Waals surface area contributed by atoms with Crippen molar-refractivity contribution in [2.24, 2.45) is 0 Å². The highest BCUT2D eigenvalue weighted by Crippen LogP contribution is 2.26. The Morgan fingerprint density at radius 3 is 2.61 bits per heavy atom. The number of carbonyl (C=O) groups excluding carboxylic acids is 1. The van der Waals surface area contributed by atoms with E-state index in [2.05, 4.69) is 21.4 Å². The van der Waals surface area contributed by atoms with Crippen LogP contribution in [-0.4, -0.2) is 28.8 Å². The van der Waals surface area contributed by atoms with Gasteiger partial charge in [-0.1, -0.05) is 18.2 Å². The molecule has 0 unspecified atom stereocenters. The maximum Gasteiger partial charge on any atom is 0.256 e. The Morgan fingerprint density at radius 1 is 1.14 bits per heavy atom. The maximum absolute atomic E-state index is 12.7. The third-order valence-corrected chi connectivity index (χ3v) is 4.98. The minimum atomic E-state index is -0.272. The molecule has 1 aliphatic heterocycles. The number of carbonyl (C=O) groups is 1. The summed E-state index contributed by atoms with van der Waals surface area (Å²) in [6.45, 7) is 3.81. The molecule has 1 aliphatic rings. The topological polar surface area (TPSA) is 74.0 Å². The summed E-state index contributed by atoms with van der Waals surface area (Å²) in [5.41, 5.74) is 3.68. The molecule has 0 saturated carbocycles. The zero-order valence-electron chi connectivity index (χ0n) is 15.7. The van der Waals surface area contributed by atoms with Gasteiger partial charge in [0.05, 0.1) is 16.9 Å². The number of nitrogens with one attached hydrogen (secondary N) is 1. The van der Waals surface area contributed by atoms with E-state index < -0.39 is 0 Å². The molecule has 0 bridgehead atoms. The smallest absolute Gasteiger partial charge is 0.256 e. The number of hydrogen-bond donors (Lipinski definition) is 1. The lowest BCUT2D eigenvalue weighted by molar-refractivity contribution is 0.102. The van der Waals surface area contributed by atoms with Gasteiger partial charge in [-0.2, -0.15) is 5.26 Å². The first kappa shape index (κ1) is 17.8. The second-order valence-electron chi connectivity index (χ2n) is 6.93. The van der Waals surface area contributed by atoms with Crippen LogP contribution in [0.5, 0.6) is 0 Å². The molecule has 1 saturated heterocycles. The number of hydrogen-bond acceptors (Lipinski definition) is 4. The Bertz CT molecular complexity index is 1040. The standard InChI is InChI=1S/C22H21N5O/c1-16-15-27(19-7-3-2-4-8-19)25-21(16)24-22(28)17-9-10-20(18(13-17)14-23)26-11-5-6-12-26/h2-4,7-10,13,15H,5-6,11-12H2,1H3,(H,24,25,28). The first-order chi connectivity index (χ1) is 13.7. The number of rotatable bonds is 4. The number of aromatic nitrogens is 2. The highest BCUT2D eigenvalue weighted by molar-refractivity contribution is 6.04. The Labute approximate surface area is 164 Å². The summed E-state index contributed by atoms with van der Waals surface area (Å²) in [5, 5.41) is 16.9. The molecule has 140 valence electrons. The van der Waals surface area contributed by atoms with Crippen molar-refractivity contribution in [1.82, 2.24) is 9.78 Å². The van der Waals surface area contributed by atoms with Crippen LogP contribution in [-0.2, 0) is 0 Å². The predicted molar refractivity (Wildman–Crippen MR) is 109 cm³/mol. The van der Waals surface area contributed by atoms with Gasteiger partial charge in [-0.05, 0) is 50.1 Å². The van der Waals surface area contributed by atoms with Crippen molar-refractivity contribution in [1.29, 1.82) is 5.26 Å². The van der Waals surface area contributed by atoms with Crippen LogP contribution in [0.4, 0.5) is 11.5 Å². The SMILES string of the molecule is Cc1cn(-c2ccccc2)nc1NC(=O)c1ccc(N2CCCC2)c(C#N)c1. The predicted octanol–water partition coefficient (Wildman–Crippen LogP) is 3.90. The third kappa shape index (κ3) is 3.47. The van der Waals surface area contributed by atoms with Crippen LogP contribution in [0, 0.1) is 18.3 Å². The minimum absolute atomic E-state index is 0.272. The van der Waals surface area contributed by atoms with Gasteiger partial charge in [-0.15, -0.1) is 5.10 Å². The molecule has 0 radical (unpaired) electrons. The summed E-state index contributed by atoms with van der Waals surface area (Å²) < 4.78 is 1.74. The van der Waals surface area contributed by atoms with Crippen molar-refractivity contribution in [3.8, 4) is 11.8 Å². The number of benzene rings is 2. The van der Waals surface area contributed by atoms with Crippen LogP contribution in [0.1, 0.15) is 34.3 Å². The minimum Gasteiger partial charge on any atom is -0.370 e. The summed E-state index contributed by atoms with van der Waals surface area (Å²) in [4.78, 5) is 14.9. The van der Waals surface area contributed by atoms with Crippen molar-refractivity contribution in [2.75, 3.05) is 23.3 Å². The van der Waals surface area contributed by atoms with E-state index >= 15 is 0 Å². The van der Waals surface area contributed by atoms with Crippen LogP contribution in [0.2, 0.25) is 0 Å². The lowest BCUT2D eigenvalue weighted by Crippen LogP contribution is -2.19. The molecular weight excluding hydrogens is 350 g/mol. The van der Waals surface area contributed by atoms with Gasteiger partial charge in [0.15, 0.2) is 5.82 Å². The lowest BCUT2D eigenvalue weighted by Gasteiger charge is -2.19. The van der Waals surface area contributed by atoms with E-state index in [0.29, 0.717) is 16.9 Å². The molecule has 0 aliphatic carbocycles. The average molecular weight is 371 g/mol. The molecule has 0 atom stereocenters. The molecule has 2 aromatic carbocycles. The number of amides is 1. The highest BCUT2D eigenvalue weighted by Gasteiger charge is 2.18. The van der Waals surface area contributed by atoms with E-state index in [4.69, 9.17) is 0 Å². The fourth-order valence-corrected chi connectivity index (χ4v) is 3.48. The quantitative estimate of drug-likeness (QED) is 0.755. The number of anilines is 2. The summed E-state index contributed by atoms with van der Waals surface area (Å²) in [6, 6.07) is 17.3. The Kier molecular flexibility index (Phi) is 4.81. The van der Waals surface area contributed by atoms with Gasteiger partial charge in [0.25, 0.3) is 5.91 Å². The van der Waals surface area contributed by atoms with E-state index in [9.17, 15) is 10.1 Å². The van der Waals surface area contributed by atoms with Crippen molar-refractivity contribution < 1.29 is 4.79 Å². The summed E-state index contributed by atoms with van der Waals surface area (Å²) in [5.74, 6) is 0.238. The molecule has 4 rings (SSSR count). The van der Waals surface area contributed by atoms with Gasteiger partial charge < -0.3 is 10.2 Å². The lowest BCUT2D eigenvalue weighted by atomic mass is 10.1. The molecule has 2 heterocycles. The van der Waals surface area contributed by atoms with E-state index in [0.717, 1.165) is 42.9 Å². The van der Waals surface area contributed by atoms with Gasteiger partial charge in [0, 0.05) is 30.4 Å². The number of nitriles is 1. The molecule has 3 aromatic rings. The molecule has 1 aromatic heterocycles. The Hall–Kier alpha value is -3.59. The molecule has 1 N–H and O–H groups in total. The zero-order valence-corrected chi connectivity index (χ0v) is 15.7. The normalized spacial score (nSPS) is 13.4. The first-order valence-electron chi connectivity index (χ1n) is 9.38. The van der Waals surface area contributed by atoms with Gasteiger partial charge in [-0.25, -0.2) is 4.68 Å². The highest BCUT2D eigenvalue weighted by atomic mass is 16.1.